The summed E-state index contributed by atoms with van der Waals surface area (Å²) in [6.07, 6.45) is -0.282. The molecule has 0 saturated carbocycles. The average molecular weight is 375 g/mol. The number of sulfonamides is 1. The van der Waals surface area contributed by atoms with Gasteiger partial charge >= 0.3 is 0 Å². The first kappa shape index (κ1) is 18.9. The van der Waals surface area contributed by atoms with E-state index in [1.807, 2.05) is 57.2 Å². The van der Waals surface area contributed by atoms with Gasteiger partial charge in [0.05, 0.1) is 24.7 Å². The highest BCUT2D eigenvalue weighted by Crippen LogP contribution is 2.30. The molecule has 2 aromatic carbocycles. The molecule has 0 aromatic heterocycles. The van der Waals surface area contributed by atoms with Crippen LogP contribution in [0, 0.1) is 20.8 Å². The van der Waals surface area contributed by atoms with Gasteiger partial charge in [0.15, 0.2) is 0 Å². The van der Waals surface area contributed by atoms with E-state index in [-0.39, 0.29) is 6.10 Å². The topological polar surface area (TPSA) is 55.8 Å². The molecule has 1 saturated heterocycles. The summed E-state index contributed by atoms with van der Waals surface area (Å²) < 4.78 is 39.1. The summed E-state index contributed by atoms with van der Waals surface area (Å²) in [5.41, 5.74) is 3.59. The molecule has 0 spiro atoms. The highest BCUT2D eigenvalue weighted by molar-refractivity contribution is 7.89. The molecule has 0 aliphatic carbocycles. The lowest BCUT2D eigenvalue weighted by Gasteiger charge is -2.33. The van der Waals surface area contributed by atoms with Crippen LogP contribution in [0.1, 0.15) is 28.4 Å². The van der Waals surface area contributed by atoms with Crippen LogP contribution in [0.5, 0.6) is 5.75 Å². The maximum absolute atomic E-state index is 13.3. The lowest BCUT2D eigenvalue weighted by atomic mass is 10.1. The van der Waals surface area contributed by atoms with Crippen molar-refractivity contribution in [3.63, 3.8) is 0 Å². The second-order valence-electron chi connectivity index (χ2n) is 6.72. The molecule has 0 radical (unpaired) electrons. The summed E-state index contributed by atoms with van der Waals surface area (Å²) in [7, 11) is -1.95. The lowest BCUT2D eigenvalue weighted by molar-refractivity contribution is -0.00259. The third kappa shape index (κ3) is 3.63. The number of hydrogen-bond donors (Lipinski definition) is 0. The summed E-state index contributed by atoms with van der Waals surface area (Å²) in [5, 5.41) is 0. The second kappa shape index (κ2) is 7.39. The van der Waals surface area contributed by atoms with Crippen LogP contribution in [0.3, 0.4) is 0 Å². The highest BCUT2D eigenvalue weighted by atomic mass is 32.2. The van der Waals surface area contributed by atoms with Crippen molar-refractivity contribution in [3.05, 3.63) is 58.7 Å². The molecule has 1 aliphatic heterocycles. The fraction of sp³-hybridized carbons (Fsp3) is 0.400. The van der Waals surface area contributed by atoms with Crippen molar-refractivity contribution < 1.29 is 17.9 Å². The minimum Gasteiger partial charge on any atom is -0.497 e. The first-order chi connectivity index (χ1) is 12.3. The van der Waals surface area contributed by atoms with Gasteiger partial charge in [0.25, 0.3) is 0 Å². The minimum absolute atomic E-state index is 0.282. The number of nitrogens with zero attached hydrogens (tertiary/aromatic N) is 1. The summed E-state index contributed by atoms with van der Waals surface area (Å²) in [6, 6.07) is 11.4. The molecular weight excluding hydrogens is 350 g/mol. The van der Waals surface area contributed by atoms with Gasteiger partial charge in [-0.2, -0.15) is 4.31 Å². The molecule has 1 fully saturated rings. The SMILES string of the molecule is COc1ccc(C2CN(S(=O)(=O)c3c(C)cc(C)cc3C)CCO2)cc1. The molecule has 6 heteroatoms. The van der Waals surface area contributed by atoms with E-state index in [4.69, 9.17) is 9.47 Å². The number of morpholine rings is 1. The molecule has 3 rings (SSSR count). The number of rotatable bonds is 4. The van der Waals surface area contributed by atoms with Crippen molar-refractivity contribution in [2.45, 2.75) is 31.8 Å². The molecule has 1 atom stereocenters. The van der Waals surface area contributed by atoms with Crippen molar-refractivity contribution in [2.24, 2.45) is 0 Å². The molecule has 5 nitrogen and oxygen atoms in total. The molecule has 0 bridgehead atoms. The van der Waals surface area contributed by atoms with Gasteiger partial charge in [0.1, 0.15) is 5.75 Å². The number of methoxy groups -OCH3 is 1. The first-order valence-corrected chi connectivity index (χ1v) is 10.1. The summed E-state index contributed by atoms with van der Waals surface area (Å²) in [6.45, 7) is 6.73. The normalized spacial score (nSPS) is 18.7. The van der Waals surface area contributed by atoms with E-state index in [0.717, 1.165) is 28.0 Å². The molecule has 0 N–H and O–H groups in total. The number of ether oxygens (including phenoxy) is 2. The summed E-state index contributed by atoms with van der Waals surface area (Å²) >= 11 is 0. The third-order valence-corrected chi connectivity index (χ3v) is 6.89. The van der Waals surface area contributed by atoms with Gasteiger partial charge < -0.3 is 9.47 Å². The molecule has 2 aromatic rings. The second-order valence-corrected chi connectivity index (χ2v) is 8.60. The average Bonchev–Trinajstić information content (AvgIpc) is 2.61. The van der Waals surface area contributed by atoms with Crippen LogP contribution in [0.4, 0.5) is 0 Å². The van der Waals surface area contributed by atoms with E-state index in [2.05, 4.69) is 0 Å². The molecule has 1 aliphatic rings. The fourth-order valence-electron chi connectivity index (χ4n) is 3.57. The van der Waals surface area contributed by atoms with Crippen LogP contribution in [-0.4, -0.2) is 39.5 Å². The zero-order valence-electron chi connectivity index (χ0n) is 15.7. The minimum atomic E-state index is -3.57. The molecule has 1 unspecified atom stereocenters. The predicted octanol–water partition coefficient (Wildman–Crippen LogP) is 3.38. The molecular formula is C20H25NO4S. The smallest absolute Gasteiger partial charge is 0.243 e. The Morgan fingerprint density at radius 3 is 2.27 bits per heavy atom. The van der Waals surface area contributed by atoms with Gasteiger partial charge in [-0.1, -0.05) is 29.8 Å². The van der Waals surface area contributed by atoms with Gasteiger partial charge in [-0.25, -0.2) is 8.42 Å². The van der Waals surface area contributed by atoms with E-state index in [1.165, 1.54) is 4.31 Å². The Morgan fingerprint density at radius 2 is 1.69 bits per heavy atom. The van der Waals surface area contributed by atoms with Crippen LogP contribution in [0.25, 0.3) is 0 Å². The summed E-state index contributed by atoms with van der Waals surface area (Å²) in [5.74, 6) is 0.764. The maximum atomic E-state index is 13.3. The van der Waals surface area contributed by atoms with Crippen LogP contribution < -0.4 is 4.74 Å². The van der Waals surface area contributed by atoms with E-state index in [0.29, 0.717) is 24.6 Å². The highest BCUT2D eigenvalue weighted by Gasteiger charge is 2.33. The fourth-order valence-corrected chi connectivity index (χ4v) is 5.40. The van der Waals surface area contributed by atoms with Crippen molar-refractivity contribution in [1.29, 1.82) is 0 Å². The van der Waals surface area contributed by atoms with E-state index in [9.17, 15) is 8.42 Å². The van der Waals surface area contributed by atoms with Crippen LogP contribution in [0.15, 0.2) is 41.3 Å². The Balaban J connectivity index is 1.89. The first-order valence-electron chi connectivity index (χ1n) is 8.66. The van der Waals surface area contributed by atoms with Crippen molar-refractivity contribution in [1.82, 2.24) is 4.31 Å². The Hall–Kier alpha value is -1.89. The zero-order valence-corrected chi connectivity index (χ0v) is 16.5. The van der Waals surface area contributed by atoms with Gasteiger partial charge in [0.2, 0.25) is 10.0 Å². The molecule has 0 amide bonds. The summed E-state index contributed by atoms with van der Waals surface area (Å²) in [4.78, 5) is 0.415. The Morgan fingerprint density at radius 1 is 1.08 bits per heavy atom. The molecule has 140 valence electrons. The molecule has 26 heavy (non-hydrogen) atoms. The number of aryl methyl sites for hydroxylation is 3. The standard InChI is InChI=1S/C20H25NO4S/c1-14-11-15(2)20(16(3)12-14)26(22,23)21-9-10-25-19(13-21)17-5-7-18(24-4)8-6-17/h5-8,11-12,19H,9-10,13H2,1-4H3. The van der Waals surface area contributed by atoms with E-state index < -0.39 is 10.0 Å². The number of hydrogen-bond acceptors (Lipinski definition) is 4. The quantitative estimate of drug-likeness (QED) is 0.822. The molecule has 1 heterocycles. The van der Waals surface area contributed by atoms with Crippen molar-refractivity contribution in [2.75, 3.05) is 26.8 Å². The number of benzene rings is 2. The Bertz CT molecular complexity index is 868. The van der Waals surface area contributed by atoms with Crippen molar-refractivity contribution in [3.8, 4) is 5.75 Å². The van der Waals surface area contributed by atoms with Gasteiger partial charge in [-0.05, 0) is 49.6 Å². The largest absolute Gasteiger partial charge is 0.497 e. The Labute approximate surface area is 155 Å². The van der Waals surface area contributed by atoms with Crippen LogP contribution >= 0.6 is 0 Å². The Kier molecular flexibility index (Phi) is 5.37. The van der Waals surface area contributed by atoms with Gasteiger partial charge in [0, 0.05) is 13.1 Å². The van der Waals surface area contributed by atoms with E-state index >= 15 is 0 Å². The lowest BCUT2D eigenvalue weighted by Crippen LogP contribution is -2.42. The maximum Gasteiger partial charge on any atom is 0.243 e. The van der Waals surface area contributed by atoms with Crippen LogP contribution in [0.2, 0.25) is 0 Å². The predicted molar refractivity (Wildman–Crippen MR) is 101 cm³/mol. The van der Waals surface area contributed by atoms with E-state index in [1.54, 1.807) is 7.11 Å². The monoisotopic (exact) mass is 375 g/mol. The van der Waals surface area contributed by atoms with Crippen molar-refractivity contribution >= 4 is 10.0 Å². The van der Waals surface area contributed by atoms with Gasteiger partial charge in [-0.3, -0.25) is 0 Å². The van der Waals surface area contributed by atoms with Crippen LogP contribution in [-0.2, 0) is 14.8 Å². The third-order valence-electron chi connectivity index (χ3n) is 4.72. The zero-order chi connectivity index (χ0) is 18.9. The van der Waals surface area contributed by atoms with Gasteiger partial charge in [-0.15, -0.1) is 0 Å².